The van der Waals surface area contributed by atoms with Gasteiger partial charge in [0.2, 0.25) is 0 Å². The maximum atomic E-state index is 5.86. The molecule has 1 aromatic carbocycles. The average molecular weight is 334 g/mol. The van der Waals surface area contributed by atoms with Gasteiger partial charge in [0.25, 0.3) is 0 Å². The number of hydrogen-bond acceptors (Lipinski definition) is 2. The number of ether oxygens (including phenoxy) is 2. The molecule has 0 N–H and O–H groups in total. The predicted octanol–water partition coefficient (Wildman–Crippen LogP) is 4.05. The molecule has 0 atom stereocenters. The van der Waals surface area contributed by atoms with Gasteiger partial charge in [-0.1, -0.05) is 39.7 Å². The summed E-state index contributed by atoms with van der Waals surface area (Å²) >= 11 is 9.46. The summed E-state index contributed by atoms with van der Waals surface area (Å²) in [6, 6.07) is 7.81. The summed E-state index contributed by atoms with van der Waals surface area (Å²) in [6.07, 6.45) is 2.14. The average Bonchev–Trinajstić information content (AvgIpc) is 2.42. The standard InChI is InChI=1S/C14H18BrClO2/c15-10-14(5-7-17-8-6-14)11-18-9-12-1-3-13(16)4-2-12/h1-4H,5-11H2. The lowest BCUT2D eigenvalue weighted by Crippen LogP contribution is -2.35. The van der Waals surface area contributed by atoms with Gasteiger partial charge in [-0.25, -0.2) is 0 Å². The van der Waals surface area contributed by atoms with Crippen LogP contribution in [0.25, 0.3) is 0 Å². The lowest BCUT2D eigenvalue weighted by molar-refractivity contribution is -0.0311. The van der Waals surface area contributed by atoms with Crippen LogP contribution in [0.1, 0.15) is 18.4 Å². The molecule has 2 rings (SSSR count). The van der Waals surface area contributed by atoms with Crippen molar-refractivity contribution in [3.8, 4) is 0 Å². The molecule has 1 heterocycles. The first-order valence-corrected chi connectivity index (χ1v) is 7.70. The van der Waals surface area contributed by atoms with Crippen LogP contribution in [0.15, 0.2) is 24.3 Å². The monoisotopic (exact) mass is 332 g/mol. The smallest absolute Gasteiger partial charge is 0.0717 e. The highest BCUT2D eigenvalue weighted by atomic mass is 79.9. The van der Waals surface area contributed by atoms with E-state index >= 15 is 0 Å². The molecule has 0 bridgehead atoms. The molecule has 100 valence electrons. The van der Waals surface area contributed by atoms with E-state index in [4.69, 9.17) is 21.1 Å². The Bertz CT molecular complexity index is 361. The molecule has 1 aliphatic heterocycles. The van der Waals surface area contributed by atoms with Crippen LogP contribution in [0.3, 0.4) is 0 Å². The van der Waals surface area contributed by atoms with Gasteiger partial charge in [0.15, 0.2) is 0 Å². The van der Waals surface area contributed by atoms with E-state index in [2.05, 4.69) is 15.9 Å². The van der Waals surface area contributed by atoms with E-state index in [0.29, 0.717) is 6.61 Å². The summed E-state index contributed by atoms with van der Waals surface area (Å²) in [4.78, 5) is 0. The van der Waals surface area contributed by atoms with Crippen molar-refractivity contribution in [2.24, 2.45) is 5.41 Å². The molecular formula is C14H18BrClO2. The molecule has 1 saturated heterocycles. The van der Waals surface area contributed by atoms with Crippen LogP contribution < -0.4 is 0 Å². The summed E-state index contributed by atoms with van der Waals surface area (Å²) in [7, 11) is 0. The molecule has 0 radical (unpaired) electrons. The zero-order chi connectivity index (χ0) is 12.8. The van der Waals surface area contributed by atoms with Crippen LogP contribution in [0.2, 0.25) is 5.02 Å². The highest BCUT2D eigenvalue weighted by Gasteiger charge is 2.31. The minimum atomic E-state index is 0.241. The maximum absolute atomic E-state index is 5.86. The van der Waals surface area contributed by atoms with Crippen LogP contribution in [0.4, 0.5) is 0 Å². The van der Waals surface area contributed by atoms with E-state index in [1.54, 1.807) is 0 Å². The Kier molecular flexibility index (Phi) is 5.49. The maximum Gasteiger partial charge on any atom is 0.0717 e. The number of alkyl halides is 1. The SMILES string of the molecule is Clc1ccc(COCC2(CBr)CCOCC2)cc1. The number of halogens is 2. The molecule has 18 heavy (non-hydrogen) atoms. The second-order valence-electron chi connectivity index (χ2n) is 4.87. The molecule has 2 nitrogen and oxygen atoms in total. The lowest BCUT2D eigenvalue weighted by Gasteiger charge is -2.35. The first kappa shape index (κ1) is 14.3. The van der Waals surface area contributed by atoms with Gasteiger partial charge in [0, 0.05) is 29.0 Å². The van der Waals surface area contributed by atoms with Crippen LogP contribution in [0.5, 0.6) is 0 Å². The molecule has 0 aromatic heterocycles. The summed E-state index contributed by atoms with van der Waals surface area (Å²) in [5.41, 5.74) is 1.40. The topological polar surface area (TPSA) is 18.5 Å². The van der Waals surface area contributed by atoms with Crippen LogP contribution >= 0.6 is 27.5 Å². The molecular weight excluding hydrogens is 316 g/mol. The number of rotatable bonds is 5. The van der Waals surface area contributed by atoms with Crippen LogP contribution in [0, 0.1) is 5.41 Å². The summed E-state index contributed by atoms with van der Waals surface area (Å²) in [5.74, 6) is 0. The first-order valence-electron chi connectivity index (χ1n) is 6.20. The normalized spacial score (nSPS) is 18.8. The molecule has 0 amide bonds. The fourth-order valence-corrected chi connectivity index (χ4v) is 2.94. The minimum Gasteiger partial charge on any atom is -0.381 e. The van der Waals surface area contributed by atoms with Crippen LogP contribution in [-0.4, -0.2) is 25.2 Å². The fourth-order valence-electron chi connectivity index (χ4n) is 2.09. The van der Waals surface area contributed by atoms with Gasteiger partial charge in [0.05, 0.1) is 13.2 Å². The Morgan fingerprint density at radius 2 is 1.89 bits per heavy atom. The summed E-state index contributed by atoms with van der Waals surface area (Å²) in [5, 5.41) is 1.74. The Balaban J connectivity index is 1.81. The highest BCUT2D eigenvalue weighted by Crippen LogP contribution is 2.33. The predicted molar refractivity (Wildman–Crippen MR) is 77.4 cm³/mol. The largest absolute Gasteiger partial charge is 0.381 e. The van der Waals surface area contributed by atoms with E-state index in [1.807, 2.05) is 24.3 Å². The molecule has 0 spiro atoms. The molecule has 1 fully saturated rings. The molecule has 4 heteroatoms. The lowest BCUT2D eigenvalue weighted by atomic mass is 9.83. The van der Waals surface area contributed by atoms with Gasteiger partial charge in [-0.15, -0.1) is 0 Å². The summed E-state index contributed by atoms with van der Waals surface area (Å²) in [6.45, 7) is 3.11. The second kappa shape index (κ2) is 6.90. The Hall–Kier alpha value is -0.0900. The van der Waals surface area contributed by atoms with E-state index in [9.17, 15) is 0 Å². The van der Waals surface area contributed by atoms with Gasteiger partial charge >= 0.3 is 0 Å². The van der Waals surface area contributed by atoms with Gasteiger partial charge in [-0.05, 0) is 30.5 Å². The van der Waals surface area contributed by atoms with Gasteiger partial charge in [-0.3, -0.25) is 0 Å². The van der Waals surface area contributed by atoms with Gasteiger partial charge < -0.3 is 9.47 Å². The van der Waals surface area contributed by atoms with E-state index in [0.717, 1.165) is 48.6 Å². The van der Waals surface area contributed by atoms with Crippen molar-refractivity contribution < 1.29 is 9.47 Å². The second-order valence-corrected chi connectivity index (χ2v) is 5.86. The van der Waals surface area contributed by atoms with E-state index in [1.165, 1.54) is 0 Å². The Morgan fingerprint density at radius 1 is 1.22 bits per heavy atom. The van der Waals surface area contributed by atoms with E-state index < -0.39 is 0 Å². The van der Waals surface area contributed by atoms with Crippen molar-refractivity contribution in [2.75, 3.05) is 25.2 Å². The Labute approximate surface area is 122 Å². The molecule has 0 unspecified atom stereocenters. The minimum absolute atomic E-state index is 0.241. The Morgan fingerprint density at radius 3 is 2.50 bits per heavy atom. The zero-order valence-electron chi connectivity index (χ0n) is 10.3. The van der Waals surface area contributed by atoms with Gasteiger partial charge in [0.1, 0.15) is 0 Å². The third kappa shape index (κ3) is 3.95. The quantitative estimate of drug-likeness (QED) is 0.757. The third-order valence-electron chi connectivity index (χ3n) is 3.43. The fraction of sp³-hybridized carbons (Fsp3) is 0.571. The van der Waals surface area contributed by atoms with Crippen molar-refractivity contribution in [1.29, 1.82) is 0 Å². The van der Waals surface area contributed by atoms with E-state index in [-0.39, 0.29) is 5.41 Å². The van der Waals surface area contributed by atoms with Crippen molar-refractivity contribution in [3.05, 3.63) is 34.9 Å². The summed E-state index contributed by atoms with van der Waals surface area (Å²) < 4.78 is 11.3. The van der Waals surface area contributed by atoms with Crippen LogP contribution in [-0.2, 0) is 16.1 Å². The molecule has 1 aromatic rings. The molecule has 1 aliphatic rings. The molecule has 0 saturated carbocycles. The highest BCUT2D eigenvalue weighted by molar-refractivity contribution is 9.09. The van der Waals surface area contributed by atoms with Crippen molar-refractivity contribution in [3.63, 3.8) is 0 Å². The molecule has 0 aliphatic carbocycles. The third-order valence-corrected chi connectivity index (χ3v) is 4.87. The van der Waals surface area contributed by atoms with Gasteiger partial charge in [-0.2, -0.15) is 0 Å². The number of hydrogen-bond donors (Lipinski definition) is 0. The van der Waals surface area contributed by atoms with Crippen molar-refractivity contribution >= 4 is 27.5 Å². The van der Waals surface area contributed by atoms with Crippen molar-refractivity contribution in [2.45, 2.75) is 19.4 Å². The first-order chi connectivity index (χ1) is 8.74. The van der Waals surface area contributed by atoms with Crippen molar-refractivity contribution in [1.82, 2.24) is 0 Å². The zero-order valence-corrected chi connectivity index (χ0v) is 12.7. The number of benzene rings is 1.